The number of benzene rings is 1. The summed E-state index contributed by atoms with van der Waals surface area (Å²) in [6.07, 6.45) is 1.12. The van der Waals surface area contributed by atoms with Gasteiger partial charge in [-0.3, -0.25) is 0 Å². The van der Waals surface area contributed by atoms with Gasteiger partial charge in [-0.1, -0.05) is 12.1 Å². The minimum atomic E-state index is 0.322. The Morgan fingerprint density at radius 3 is 3.00 bits per heavy atom. The summed E-state index contributed by atoms with van der Waals surface area (Å²) in [4.78, 5) is 2.36. The number of aliphatic hydroxyl groups excluding tert-OH is 1. The number of nitrogens with zero attached hydrogens (tertiary/aromatic N) is 1. The highest BCUT2D eigenvalue weighted by Crippen LogP contribution is 2.23. The normalized spacial score (nSPS) is 21.6. The predicted octanol–water partition coefficient (Wildman–Crippen LogP) is 1.81. The average molecular weight is 191 g/mol. The van der Waals surface area contributed by atoms with Crippen molar-refractivity contribution in [1.29, 1.82) is 0 Å². The van der Waals surface area contributed by atoms with E-state index in [0.29, 0.717) is 12.5 Å². The highest BCUT2D eigenvalue weighted by molar-refractivity contribution is 5.49. The number of aliphatic hydroxyl groups is 1. The molecule has 1 fully saturated rings. The third-order valence-electron chi connectivity index (χ3n) is 2.91. The lowest BCUT2D eigenvalue weighted by molar-refractivity contribution is 0.238. The standard InChI is InChI=1S/C12H17NO/c1-10-3-2-4-12(7-10)13-6-5-11(8-13)9-14/h2-4,7,11,14H,5-6,8-9H2,1H3/t11-/m0/s1. The van der Waals surface area contributed by atoms with Crippen molar-refractivity contribution in [2.24, 2.45) is 5.92 Å². The zero-order valence-corrected chi connectivity index (χ0v) is 8.61. The molecule has 2 rings (SSSR count). The molecule has 2 heteroatoms. The molecule has 1 atom stereocenters. The Labute approximate surface area is 85.2 Å². The second-order valence-electron chi connectivity index (χ2n) is 4.12. The van der Waals surface area contributed by atoms with Crippen LogP contribution in [0.15, 0.2) is 24.3 Å². The Balaban J connectivity index is 2.09. The van der Waals surface area contributed by atoms with Gasteiger partial charge in [0.15, 0.2) is 0 Å². The number of aryl methyl sites for hydroxylation is 1. The van der Waals surface area contributed by atoms with Crippen molar-refractivity contribution < 1.29 is 5.11 Å². The molecule has 0 amide bonds. The van der Waals surface area contributed by atoms with Crippen LogP contribution in [-0.4, -0.2) is 24.8 Å². The first-order chi connectivity index (χ1) is 6.79. The topological polar surface area (TPSA) is 23.5 Å². The van der Waals surface area contributed by atoms with E-state index in [1.54, 1.807) is 0 Å². The van der Waals surface area contributed by atoms with Crippen LogP contribution in [0.4, 0.5) is 5.69 Å². The first-order valence-electron chi connectivity index (χ1n) is 5.22. The first-order valence-corrected chi connectivity index (χ1v) is 5.22. The molecule has 1 aliphatic rings. The maximum absolute atomic E-state index is 9.06. The van der Waals surface area contributed by atoms with E-state index < -0.39 is 0 Å². The average Bonchev–Trinajstić information content (AvgIpc) is 2.66. The zero-order chi connectivity index (χ0) is 9.97. The second kappa shape index (κ2) is 4.01. The minimum Gasteiger partial charge on any atom is -0.396 e. The Morgan fingerprint density at radius 2 is 2.36 bits per heavy atom. The molecule has 0 spiro atoms. The summed E-state index contributed by atoms with van der Waals surface area (Å²) in [5, 5.41) is 9.06. The maximum atomic E-state index is 9.06. The van der Waals surface area contributed by atoms with Gasteiger partial charge in [-0.25, -0.2) is 0 Å². The largest absolute Gasteiger partial charge is 0.396 e. The molecule has 2 nitrogen and oxygen atoms in total. The lowest BCUT2D eigenvalue weighted by atomic mass is 10.1. The summed E-state index contributed by atoms with van der Waals surface area (Å²) in [7, 11) is 0. The van der Waals surface area contributed by atoms with Crippen LogP contribution in [0.2, 0.25) is 0 Å². The fraction of sp³-hybridized carbons (Fsp3) is 0.500. The van der Waals surface area contributed by atoms with Crippen LogP contribution in [0.25, 0.3) is 0 Å². The van der Waals surface area contributed by atoms with Gasteiger partial charge in [-0.2, -0.15) is 0 Å². The fourth-order valence-electron chi connectivity index (χ4n) is 2.04. The molecule has 14 heavy (non-hydrogen) atoms. The summed E-state index contributed by atoms with van der Waals surface area (Å²) >= 11 is 0. The van der Waals surface area contributed by atoms with Crippen molar-refractivity contribution in [2.75, 3.05) is 24.6 Å². The molecule has 0 saturated carbocycles. The van der Waals surface area contributed by atoms with Crippen molar-refractivity contribution in [3.05, 3.63) is 29.8 Å². The molecule has 1 heterocycles. The van der Waals surface area contributed by atoms with Crippen molar-refractivity contribution in [2.45, 2.75) is 13.3 Å². The van der Waals surface area contributed by atoms with Crippen LogP contribution in [-0.2, 0) is 0 Å². The van der Waals surface area contributed by atoms with E-state index in [0.717, 1.165) is 19.5 Å². The number of hydrogen-bond donors (Lipinski definition) is 1. The number of anilines is 1. The Morgan fingerprint density at radius 1 is 1.50 bits per heavy atom. The molecular weight excluding hydrogens is 174 g/mol. The van der Waals surface area contributed by atoms with Crippen LogP contribution < -0.4 is 4.90 Å². The maximum Gasteiger partial charge on any atom is 0.0476 e. The van der Waals surface area contributed by atoms with Crippen LogP contribution in [0, 0.1) is 12.8 Å². The van der Waals surface area contributed by atoms with Crippen LogP contribution in [0.5, 0.6) is 0 Å². The minimum absolute atomic E-state index is 0.322. The van der Waals surface area contributed by atoms with Gasteiger partial charge in [0.05, 0.1) is 0 Å². The third kappa shape index (κ3) is 1.90. The van der Waals surface area contributed by atoms with Gasteiger partial charge in [0.25, 0.3) is 0 Å². The summed E-state index contributed by atoms with van der Waals surface area (Å²) in [6.45, 7) is 4.51. The van der Waals surface area contributed by atoms with Gasteiger partial charge in [-0.15, -0.1) is 0 Å². The molecule has 0 unspecified atom stereocenters. The van der Waals surface area contributed by atoms with E-state index in [1.807, 2.05) is 0 Å². The van der Waals surface area contributed by atoms with Crippen molar-refractivity contribution >= 4 is 5.69 Å². The third-order valence-corrected chi connectivity index (χ3v) is 2.91. The predicted molar refractivity (Wildman–Crippen MR) is 58.6 cm³/mol. The van der Waals surface area contributed by atoms with Gasteiger partial charge in [0, 0.05) is 31.3 Å². The summed E-state index contributed by atoms with van der Waals surface area (Å²) < 4.78 is 0. The van der Waals surface area contributed by atoms with E-state index in [1.165, 1.54) is 11.3 Å². The SMILES string of the molecule is Cc1cccc(N2CC[C@H](CO)C2)c1. The highest BCUT2D eigenvalue weighted by Gasteiger charge is 2.21. The quantitative estimate of drug-likeness (QED) is 0.770. The van der Waals surface area contributed by atoms with E-state index in [2.05, 4.69) is 36.1 Å². The summed E-state index contributed by atoms with van der Waals surface area (Å²) in [5.41, 5.74) is 2.59. The van der Waals surface area contributed by atoms with E-state index in [4.69, 9.17) is 5.11 Å². The molecular formula is C12H17NO. The van der Waals surface area contributed by atoms with E-state index >= 15 is 0 Å². The second-order valence-corrected chi connectivity index (χ2v) is 4.12. The van der Waals surface area contributed by atoms with Gasteiger partial charge in [-0.05, 0) is 31.0 Å². The monoisotopic (exact) mass is 191 g/mol. The fourth-order valence-corrected chi connectivity index (χ4v) is 2.04. The van der Waals surface area contributed by atoms with Crippen molar-refractivity contribution in [3.8, 4) is 0 Å². The molecule has 1 aliphatic heterocycles. The molecule has 1 N–H and O–H groups in total. The molecule has 0 radical (unpaired) electrons. The van der Waals surface area contributed by atoms with Gasteiger partial charge in [0.1, 0.15) is 0 Å². The zero-order valence-electron chi connectivity index (χ0n) is 8.61. The number of hydrogen-bond acceptors (Lipinski definition) is 2. The Hall–Kier alpha value is -1.02. The van der Waals surface area contributed by atoms with Crippen LogP contribution in [0.1, 0.15) is 12.0 Å². The first kappa shape index (κ1) is 9.53. The summed E-state index contributed by atoms with van der Waals surface area (Å²) in [6, 6.07) is 8.56. The molecule has 76 valence electrons. The smallest absolute Gasteiger partial charge is 0.0476 e. The van der Waals surface area contributed by atoms with Gasteiger partial charge in [0.2, 0.25) is 0 Å². The molecule has 1 saturated heterocycles. The molecule has 0 bridgehead atoms. The molecule has 0 aromatic heterocycles. The van der Waals surface area contributed by atoms with Gasteiger partial charge < -0.3 is 10.0 Å². The molecule has 1 aromatic carbocycles. The highest BCUT2D eigenvalue weighted by atomic mass is 16.3. The van der Waals surface area contributed by atoms with E-state index in [9.17, 15) is 0 Å². The molecule has 1 aromatic rings. The van der Waals surface area contributed by atoms with Gasteiger partial charge >= 0.3 is 0 Å². The summed E-state index contributed by atoms with van der Waals surface area (Å²) in [5.74, 6) is 0.468. The Kier molecular flexibility index (Phi) is 2.73. The van der Waals surface area contributed by atoms with Crippen LogP contribution in [0.3, 0.4) is 0 Å². The van der Waals surface area contributed by atoms with Crippen molar-refractivity contribution in [1.82, 2.24) is 0 Å². The van der Waals surface area contributed by atoms with Crippen molar-refractivity contribution in [3.63, 3.8) is 0 Å². The number of rotatable bonds is 2. The lowest BCUT2D eigenvalue weighted by Gasteiger charge is -2.18. The Bertz CT molecular complexity index is 311. The lowest BCUT2D eigenvalue weighted by Crippen LogP contribution is -2.20. The van der Waals surface area contributed by atoms with Crippen LogP contribution >= 0.6 is 0 Å². The van der Waals surface area contributed by atoms with E-state index in [-0.39, 0.29) is 0 Å². The molecule has 0 aliphatic carbocycles.